The van der Waals surface area contributed by atoms with Crippen LogP contribution in [0.25, 0.3) is 0 Å². The Labute approximate surface area is 114 Å². The molecule has 18 heavy (non-hydrogen) atoms. The summed E-state index contributed by atoms with van der Waals surface area (Å²) in [4.78, 5) is 4.55. The Kier molecular flexibility index (Phi) is 4.53. The van der Waals surface area contributed by atoms with Gasteiger partial charge < -0.3 is 11.1 Å². The Balaban J connectivity index is 1.92. The standard InChI is InChI=1S/C14H21N3S/c1-10-2-4-11(5-3-10)8-17-13-9-16-7-6-12(13)14(15)18/h6-7,9-11,17H,2-5,8H2,1H3,(H2,15,18). The van der Waals surface area contributed by atoms with Crippen LogP contribution >= 0.6 is 12.2 Å². The van der Waals surface area contributed by atoms with Gasteiger partial charge in [-0.2, -0.15) is 0 Å². The van der Waals surface area contributed by atoms with Crippen molar-refractivity contribution in [1.82, 2.24) is 4.98 Å². The molecule has 0 aliphatic heterocycles. The van der Waals surface area contributed by atoms with Crippen molar-refractivity contribution in [3.8, 4) is 0 Å². The quantitative estimate of drug-likeness (QED) is 0.820. The highest BCUT2D eigenvalue weighted by Gasteiger charge is 2.18. The summed E-state index contributed by atoms with van der Waals surface area (Å²) in [7, 11) is 0. The number of pyridine rings is 1. The molecule has 0 radical (unpaired) electrons. The lowest BCUT2D eigenvalue weighted by Gasteiger charge is -2.26. The topological polar surface area (TPSA) is 50.9 Å². The molecular weight excluding hydrogens is 242 g/mol. The van der Waals surface area contributed by atoms with Crippen LogP contribution in [0.2, 0.25) is 0 Å². The summed E-state index contributed by atoms with van der Waals surface area (Å²) in [6.07, 6.45) is 8.86. The molecule has 0 saturated heterocycles. The Hall–Kier alpha value is -1.16. The Morgan fingerprint density at radius 3 is 2.83 bits per heavy atom. The number of thiocarbonyl (C=S) groups is 1. The molecule has 0 aromatic carbocycles. The molecule has 1 aliphatic rings. The van der Waals surface area contributed by atoms with E-state index in [1.807, 2.05) is 6.07 Å². The van der Waals surface area contributed by atoms with E-state index in [0.29, 0.717) is 4.99 Å². The van der Waals surface area contributed by atoms with Gasteiger partial charge in [-0.15, -0.1) is 0 Å². The third-order valence-corrected chi connectivity index (χ3v) is 4.02. The van der Waals surface area contributed by atoms with Gasteiger partial charge in [-0.1, -0.05) is 32.0 Å². The lowest BCUT2D eigenvalue weighted by molar-refractivity contribution is 0.300. The molecule has 0 bridgehead atoms. The van der Waals surface area contributed by atoms with E-state index in [-0.39, 0.29) is 0 Å². The van der Waals surface area contributed by atoms with Crippen molar-refractivity contribution in [3.63, 3.8) is 0 Å². The van der Waals surface area contributed by atoms with E-state index in [1.165, 1.54) is 25.7 Å². The van der Waals surface area contributed by atoms with Gasteiger partial charge in [-0.3, -0.25) is 4.98 Å². The van der Waals surface area contributed by atoms with E-state index in [2.05, 4.69) is 17.2 Å². The van der Waals surface area contributed by atoms with Gasteiger partial charge in [-0.25, -0.2) is 0 Å². The van der Waals surface area contributed by atoms with Crippen molar-refractivity contribution >= 4 is 22.9 Å². The fourth-order valence-electron chi connectivity index (χ4n) is 2.54. The second-order valence-corrected chi connectivity index (χ2v) is 5.73. The highest BCUT2D eigenvalue weighted by Crippen LogP contribution is 2.28. The highest BCUT2D eigenvalue weighted by atomic mass is 32.1. The first-order chi connectivity index (χ1) is 8.66. The fraction of sp³-hybridized carbons (Fsp3) is 0.571. The molecule has 1 saturated carbocycles. The maximum atomic E-state index is 5.71. The first-order valence-electron chi connectivity index (χ1n) is 6.64. The molecule has 1 aromatic heterocycles. The molecule has 3 N–H and O–H groups in total. The maximum Gasteiger partial charge on any atom is 0.106 e. The number of anilines is 1. The van der Waals surface area contributed by atoms with Crippen LogP contribution in [0.5, 0.6) is 0 Å². The zero-order valence-electron chi connectivity index (χ0n) is 10.9. The average Bonchev–Trinajstić information content (AvgIpc) is 2.38. The number of nitrogens with two attached hydrogens (primary N) is 1. The Bertz CT molecular complexity index is 411. The van der Waals surface area contributed by atoms with Crippen LogP contribution in [0.3, 0.4) is 0 Å². The third-order valence-electron chi connectivity index (χ3n) is 3.80. The lowest BCUT2D eigenvalue weighted by Crippen LogP contribution is -2.21. The fourth-order valence-corrected chi connectivity index (χ4v) is 2.72. The predicted octanol–water partition coefficient (Wildman–Crippen LogP) is 2.95. The minimum atomic E-state index is 0.428. The maximum absolute atomic E-state index is 5.71. The van der Waals surface area contributed by atoms with E-state index >= 15 is 0 Å². The summed E-state index contributed by atoms with van der Waals surface area (Å²) in [6, 6.07) is 1.87. The molecule has 2 rings (SSSR count). The Morgan fingerprint density at radius 1 is 1.44 bits per heavy atom. The van der Waals surface area contributed by atoms with Gasteiger partial charge in [-0.05, 0) is 30.7 Å². The van der Waals surface area contributed by atoms with Crippen LogP contribution in [-0.4, -0.2) is 16.5 Å². The summed E-state index contributed by atoms with van der Waals surface area (Å²) in [5.41, 5.74) is 7.56. The van der Waals surface area contributed by atoms with Crippen molar-refractivity contribution in [2.45, 2.75) is 32.6 Å². The molecular formula is C14H21N3S. The molecule has 1 heterocycles. The molecule has 1 aliphatic carbocycles. The number of aromatic nitrogens is 1. The van der Waals surface area contributed by atoms with Crippen molar-refractivity contribution in [3.05, 3.63) is 24.0 Å². The second kappa shape index (κ2) is 6.14. The van der Waals surface area contributed by atoms with E-state index in [9.17, 15) is 0 Å². The normalized spacial score (nSPS) is 23.6. The van der Waals surface area contributed by atoms with Crippen molar-refractivity contribution in [2.75, 3.05) is 11.9 Å². The van der Waals surface area contributed by atoms with Gasteiger partial charge in [0.05, 0.1) is 11.9 Å². The van der Waals surface area contributed by atoms with E-state index in [4.69, 9.17) is 18.0 Å². The van der Waals surface area contributed by atoms with Crippen molar-refractivity contribution in [2.24, 2.45) is 17.6 Å². The van der Waals surface area contributed by atoms with Gasteiger partial charge in [0.25, 0.3) is 0 Å². The minimum Gasteiger partial charge on any atom is -0.389 e. The lowest BCUT2D eigenvalue weighted by atomic mass is 9.83. The zero-order valence-corrected chi connectivity index (χ0v) is 11.7. The first kappa shape index (κ1) is 13.3. The summed E-state index contributed by atoms with van der Waals surface area (Å²) in [6.45, 7) is 3.34. The summed E-state index contributed by atoms with van der Waals surface area (Å²) in [5.74, 6) is 1.66. The molecule has 1 fully saturated rings. The van der Waals surface area contributed by atoms with Gasteiger partial charge in [0.15, 0.2) is 0 Å². The van der Waals surface area contributed by atoms with E-state index in [0.717, 1.165) is 29.6 Å². The number of hydrogen-bond donors (Lipinski definition) is 2. The number of nitrogens with one attached hydrogen (secondary N) is 1. The molecule has 0 unspecified atom stereocenters. The number of nitrogens with zero attached hydrogens (tertiary/aromatic N) is 1. The van der Waals surface area contributed by atoms with E-state index in [1.54, 1.807) is 12.4 Å². The van der Waals surface area contributed by atoms with Crippen LogP contribution in [0.4, 0.5) is 5.69 Å². The molecule has 0 spiro atoms. The predicted molar refractivity (Wildman–Crippen MR) is 79.7 cm³/mol. The smallest absolute Gasteiger partial charge is 0.106 e. The van der Waals surface area contributed by atoms with Gasteiger partial charge in [0.1, 0.15) is 4.99 Å². The number of hydrogen-bond acceptors (Lipinski definition) is 3. The summed E-state index contributed by atoms with van der Waals surface area (Å²) >= 11 is 5.05. The molecule has 98 valence electrons. The monoisotopic (exact) mass is 263 g/mol. The Morgan fingerprint density at radius 2 is 2.17 bits per heavy atom. The summed E-state index contributed by atoms with van der Waals surface area (Å²) < 4.78 is 0. The largest absolute Gasteiger partial charge is 0.389 e. The highest BCUT2D eigenvalue weighted by molar-refractivity contribution is 7.80. The van der Waals surface area contributed by atoms with Crippen LogP contribution in [-0.2, 0) is 0 Å². The molecule has 1 aromatic rings. The van der Waals surface area contributed by atoms with Crippen LogP contribution in [0, 0.1) is 11.8 Å². The molecule has 0 amide bonds. The summed E-state index contributed by atoms with van der Waals surface area (Å²) in [5, 5.41) is 3.45. The molecule has 4 heteroatoms. The van der Waals surface area contributed by atoms with Gasteiger partial charge in [0.2, 0.25) is 0 Å². The van der Waals surface area contributed by atoms with Crippen LogP contribution < -0.4 is 11.1 Å². The first-order valence-corrected chi connectivity index (χ1v) is 7.05. The van der Waals surface area contributed by atoms with Crippen molar-refractivity contribution < 1.29 is 0 Å². The SMILES string of the molecule is CC1CCC(CNc2cnccc2C(N)=S)CC1. The van der Waals surface area contributed by atoms with Crippen molar-refractivity contribution in [1.29, 1.82) is 0 Å². The van der Waals surface area contributed by atoms with Gasteiger partial charge in [0, 0.05) is 18.3 Å². The second-order valence-electron chi connectivity index (χ2n) is 5.29. The van der Waals surface area contributed by atoms with Crippen LogP contribution in [0.15, 0.2) is 18.5 Å². The van der Waals surface area contributed by atoms with E-state index < -0.39 is 0 Å². The minimum absolute atomic E-state index is 0.428. The van der Waals surface area contributed by atoms with Gasteiger partial charge >= 0.3 is 0 Å². The molecule has 3 nitrogen and oxygen atoms in total. The average molecular weight is 263 g/mol. The third kappa shape index (κ3) is 3.42. The number of rotatable bonds is 4. The van der Waals surface area contributed by atoms with Crippen LogP contribution in [0.1, 0.15) is 38.2 Å². The zero-order chi connectivity index (χ0) is 13.0. The molecule has 0 atom stereocenters.